The molecule has 0 saturated carbocycles. The highest BCUT2D eigenvalue weighted by Crippen LogP contribution is 2.21. The smallest absolute Gasteiger partial charge is 0.251 e. The van der Waals surface area contributed by atoms with E-state index in [0.29, 0.717) is 18.7 Å². The normalized spacial score (nSPS) is 17.2. The zero-order chi connectivity index (χ0) is 17.1. The molecule has 0 spiro atoms. The first-order valence-electron chi connectivity index (χ1n) is 8.23. The Kier molecular flexibility index (Phi) is 5.36. The molecular formula is C18H22BrN3O2. The van der Waals surface area contributed by atoms with Gasteiger partial charge in [-0.3, -0.25) is 9.48 Å². The molecule has 0 aliphatic carbocycles. The van der Waals surface area contributed by atoms with E-state index in [-0.39, 0.29) is 12.0 Å². The fraction of sp³-hybridized carbons (Fsp3) is 0.444. The molecule has 1 aromatic heterocycles. The summed E-state index contributed by atoms with van der Waals surface area (Å²) in [5.74, 6) is -0.0538. The number of carbonyl (C=O) groups is 1. The highest BCUT2D eigenvalue weighted by atomic mass is 79.9. The van der Waals surface area contributed by atoms with Crippen molar-refractivity contribution in [2.45, 2.75) is 39.3 Å². The van der Waals surface area contributed by atoms with Crippen molar-refractivity contribution in [1.29, 1.82) is 0 Å². The van der Waals surface area contributed by atoms with Crippen LogP contribution in [-0.2, 0) is 11.3 Å². The van der Waals surface area contributed by atoms with E-state index in [1.807, 2.05) is 42.8 Å². The van der Waals surface area contributed by atoms with Crippen LogP contribution < -0.4 is 5.32 Å². The zero-order valence-corrected chi connectivity index (χ0v) is 15.6. The monoisotopic (exact) mass is 391 g/mol. The highest BCUT2D eigenvalue weighted by molar-refractivity contribution is 9.10. The molecule has 2 aromatic rings. The van der Waals surface area contributed by atoms with Crippen molar-refractivity contribution in [3.8, 4) is 0 Å². The van der Waals surface area contributed by atoms with Crippen LogP contribution in [0.3, 0.4) is 0 Å². The highest BCUT2D eigenvalue weighted by Gasteiger charge is 2.17. The molecule has 1 aliphatic heterocycles. The van der Waals surface area contributed by atoms with Crippen LogP contribution >= 0.6 is 15.9 Å². The minimum absolute atomic E-state index is 0.0538. The fourth-order valence-electron chi connectivity index (χ4n) is 2.93. The Morgan fingerprint density at radius 2 is 2.29 bits per heavy atom. The second-order valence-electron chi connectivity index (χ2n) is 6.19. The number of nitrogens with zero attached hydrogens (tertiary/aromatic N) is 2. The van der Waals surface area contributed by atoms with Crippen LogP contribution in [0.15, 0.2) is 28.7 Å². The number of hydrogen-bond donors (Lipinski definition) is 1. The van der Waals surface area contributed by atoms with E-state index in [4.69, 9.17) is 4.74 Å². The van der Waals surface area contributed by atoms with Crippen molar-refractivity contribution in [3.05, 3.63) is 51.3 Å². The predicted octanol–water partition coefficient (Wildman–Crippen LogP) is 3.22. The summed E-state index contributed by atoms with van der Waals surface area (Å²) in [6.07, 6.45) is 2.26. The van der Waals surface area contributed by atoms with Gasteiger partial charge in [0.05, 0.1) is 28.5 Å². The molecule has 3 rings (SSSR count). The van der Waals surface area contributed by atoms with Gasteiger partial charge < -0.3 is 10.1 Å². The van der Waals surface area contributed by atoms with Crippen LogP contribution in [0.5, 0.6) is 0 Å². The van der Waals surface area contributed by atoms with E-state index in [1.54, 1.807) is 0 Å². The number of carbonyl (C=O) groups excluding carboxylic acids is 1. The fourth-order valence-corrected chi connectivity index (χ4v) is 3.21. The molecule has 128 valence electrons. The number of halogens is 1. The van der Waals surface area contributed by atoms with E-state index in [0.717, 1.165) is 40.9 Å². The molecule has 0 radical (unpaired) electrons. The van der Waals surface area contributed by atoms with Crippen molar-refractivity contribution >= 4 is 21.8 Å². The average Bonchev–Trinajstić information content (AvgIpc) is 3.18. The summed E-state index contributed by atoms with van der Waals surface area (Å²) in [4.78, 5) is 12.3. The van der Waals surface area contributed by atoms with Gasteiger partial charge in [0.25, 0.3) is 5.91 Å². The summed E-state index contributed by atoms with van der Waals surface area (Å²) in [5.41, 5.74) is 3.78. The van der Waals surface area contributed by atoms with Gasteiger partial charge in [-0.25, -0.2) is 0 Å². The molecule has 6 heteroatoms. The van der Waals surface area contributed by atoms with Crippen LogP contribution in [0.4, 0.5) is 0 Å². The van der Waals surface area contributed by atoms with Crippen LogP contribution in [0, 0.1) is 13.8 Å². The second-order valence-corrected chi connectivity index (χ2v) is 6.98. The molecule has 0 unspecified atom stereocenters. The summed E-state index contributed by atoms with van der Waals surface area (Å²) in [5, 5.41) is 7.48. The first-order chi connectivity index (χ1) is 11.5. The first-order valence-corrected chi connectivity index (χ1v) is 9.02. The topological polar surface area (TPSA) is 56.2 Å². The number of hydrogen-bond acceptors (Lipinski definition) is 3. The summed E-state index contributed by atoms with van der Waals surface area (Å²) >= 11 is 3.54. The van der Waals surface area contributed by atoms with Crippen molar-refractivity contribution in [2.75, 3.05) is 13.2 Å². The van der Waals surface area contributed by atoms with E-state index in [2.05, 4.69) is 26.3 Å². The van der Waals surface area contributed by atoms with Gasteiger partial charge in [-0.05, 0) is 60.3 Å². The number of rotatable bonds is 5. The minimum Gasteiger partial charge on any atom is -0.376 e. The van der Waals surface area contributed by atoms with Gasteiger partial charge in [-0.2, -0.15) is 5.10 Å². The maximum Gasteiger partial charge on any atom is 0.251 e. The van der Waals surface area contributed by atoms with Gasteiger partial charge in [0.2, 0.25) is 0 Å². The lowest BCUT2D eigenvalue weighted by Gasteiger charge is -2.11. The minimum atomic E-state index is -0.0538. The van der Waals surface area contributed by atoms with Gasteiger partial charge in [0.1, 0.15) is 0 Å². The average molecular weight is 392 g/mol. The molecule has 1 atom stereocenters. The molecule has 5 nitrogen and oxygen atoms in total. The molecule has 0 bridgehead atoms. The molecule has 2 heterocycles. The number of amides is 1. The van der Waals surface area contributed by atoms with E-state index >= 15 is 0 Å². The van der Waals surface area contributed by atoms with Crippen LogP contribution in [0.2, 0.25) is 0 Å². The number of nitrogens with one attached hydrogen (secondary N) is 1. The Labute approximate surface area is 150 Å². The van der Waals surface area contributed by atoms with Crippen LogP contribution in [0.25, 0.3) is 0 Å². The Morgan fingerprint density at radius 3 is 2.96 bits per heavy atom. The Morgan fingerprint density at radius 1 is 1.46 bits per heavy atom. The third-order valence-corrected chi connectivity index (χ3v) is 5.48. The molecule has 1 aromatic carbocycles. The molecule has 1 saturated heterocycles. The lowest BCUT2D eigenvalue weighted by Crippen LogP contribution is -2.31. The Bertz CT molecular complexity index is 736. The summed E-state index contributed by atoms with van der Waals surface area (Å²) in [6.45, 7) is 6.03. The number of ether oxygens (including phenoxy) is 1. The number of aryl methyl sites for hydroxylation is 1. The first kappa shape index (κ1) is 17.2. The number of benzene rings is 1. The second kappa shape index (κ2) is 7.49. The maximum atomic E-state index is 12.3. The summed E-state index contributed by atoms with van der Waals surface area (Å²) < 4.78 is 8.52. The molecule has 1 N–H and O–H groups in total. The molecule has 1 amide bonds. The Hall–Kier alpha value is -1.66. The SMILES string of the molecule is Cc1nn(Cc2cccc(C(=O)NC[C@@H]3CCCO3)c2)c(C)c1Br. The van der Waals surface area contributed by atoms with Crippen LogP contribution in [0.1, 0.15) is 40.2 Å². The van der Waals surface area contributed by atoms with Gasteiger partial charge in [-0.1, -0.05) is 12.1 Å². The van der Waals surface area contributed by atoms with E-state index < -0.39 is 0 Å². The predicted molar refractivity (Wildman–Crippen MR) is 96.3 cm³/mol. The molecule has 24 heavy (non-hydrogen) atoms. The summed E-state index contributed by atoms with van der Waals surface area (Å²) in [7, 11) is 0. The molecular weight excluding hydrogens is 370 g/mol. The van der Waals surface area contributed by atoms with Gasteiger partial charge in [-0.15, -0.1) is 0 Å². The zero-order valence-electron chi connectivity index (χ0n) is 14.0. The molecule has 1 aliphatic rings. The number of aromatic nitrogens is 2. The lowest BCUT2D eigenvalue weighted by molar-refractivity contribution is 0.0857. The van der Waals surface area contributed by atoms with E-state index in [9.17, 15) is 4.79 Å². The van der Waals surface area contributed by atoms with Gasteiger partial charge in [0, 0.05) is 18.7 Å². The van der Waals surface area contributed by atoms with Gasteiger partial charge in [0.15, 0.2) is 0 Å². The van der Waals surface area contributed by atoms with Crippen molar-refractivity contribution in [1.82, 2.24) is 15.1 Å². The third-order valence-electron chi connectivity index (χ3n) is 4.33. The standard InChI is InChI=1S/C18H22BrN3O2/c1-12-17(19)13(2)22(21-12)11-14-5-3-6-15(9-14)18(23)20-10-16-7-4-8-24-16/h3,5-6,9,16H,4,7-8,10-11H2,1-2H3,(H,20,23)/t16-/m0/s1. The van der Waals surface area contributed by atoms with Gasteiger partial charge >= 0.3 is 0 Å². The van der Waals surface area contributed by atoms with Crippen molar-refractivity contribution < 1.29 is 9.53 Å². The van der Waals surface area contributed by atoms with Crippen LogP contribution in [-0.4, -0.2) is 34.9 Å². The molecule has 1 fully saturated rings. The summed E-state index contributed by atoms with van der Waals surface area (Å²) in [6, 6.07) is 7.69. The van der Waals surface area contributed by atoms with Crippen molar-refractivity contribution in [2.24, 2.45) is 0 Å². The lowest BCUT2D eigenvalue weighted by atomic mass is 10.1. The Balaban J connectivity index is 1.66. The quantitative estimate of drug-likeness (QED) is 0.850. The van der Waals surface area contributed by atoms with E-state index in [1.165, 1.54) is 0 Å². The third kappa shape index (κ3) is 3.87. The largest absolute Gasteiger partial charge is 0.376 e. The maximum absolute atomic E-state index is 12.3. The van der Waals surface area contributed by atoms with Crippen molar-refractivity contribution in [3.63, 3.8) is 0 Å².